The molecule has 0 amide bonds. The number of cyclic esters (lactones) is 4. The molecule has 0 N–H and O–H groups in total. The predicted octanol–water partition coefficient (Wildman–Crippen LogP) is 1.25. The van der Waals surface area contributed by atoms with Crippen LogP contribution in [0.15, 0.2) is 47.6 Å². The van der Waals surface area contributed by atoms with Crippen molar-refractivity contribution in [2.75, 3.05) is 0 Å². The van der Waals surface area contributed by atoms with Crippen LogP contribution in [0.3, 0.4) is 0 Å². The molecule has 4 atom stereocenters. The van der Waals surface area contributed by atoms with Gasteiger partial charge in [-0.1, -0.05) is 43.9 Å². The van der Waals surface area contributed by atoms with Gasteiger partial charge in [0.05, 0.1) is 23.7 Å². The number of esters is 4. The molecule has 0 aromatic rings. The van der Waals surface area contributed by atoms with E-state index >= 15 is 0 Å². The van der Waals surface area contributed by atoms with Crippen molar-refractivity contribution in [1.29, 1.82) is 0 Å². The lowest BCUT2D eigenvalue weighted by Crippen LogP contribution is -2.19. The third-order valence-electron chi connectivity index (χ3n) is 4.28. The molecule has 4 rings (SSSR count). The number of ether oxygens (including phenoxy) is 2. The summed E-state index contributed by atoms with van der Waals surface area (Å²) in [4.78, 5) is 46.3. The minimum atomic E-state index is -0.628. The quantitative estimate of drug-likeness (QED) is 0.535. The maximum absolute atomic E-state index is 11.6. The van der Waals surface area contributed by atoms with Crippen LogP contribution in [0.4, 0.5) is 0 Å². The lowest BCUT2D eigenvalue weighted by molar-refractivity contribution is -0.155. The van der Waals surface area contributed by atoms with E-state index in [9.17, 15) is 19.2 Å². The first-order chi connectivity index (χ1) is 10.5. The topological polar surface area (TPSA) is 86.7 Å². The first-order valence-electron chi connectivity index (χ1n) is 6.86. The number of carbonyl (C=O) groups is 4. The molecule has 0 aromatic heterocycles. The van der Waals surface area contributed by atoms with Gasteiger partial charge in [-0.05, 0) is 11.1 Å². The van der Waals surface area contributed by atoms with Crippen molar-refractivity contribution in [2.24, 2.45) is 23.7 Å². The van der Waals surface area contributed by atoms with Crippen LogP contribution in [-0.2, 0) is 28.7 Å². The zero-order valence-electron chi connectivity index (χ0n) is 11.2. The van der Waals surface area contributed by atoms with Crippen LogP contribution in [0.1, 0.15) is 7.43 Å². The Bertz CT molecular complexity index is 687. The van der Waals surface area contributed by atoms with Gasteiger partial charge < -0.3 is 9.47 Å². The molecule has 0 spiro atoms. The summed E-state index contributed by atoms with van der Waals surface area (Å²) in [5.74, 6) is -4.62. The molecule has 2 aliphatic carbocycles. The van der Waals surface area contributed by atoms with E-state index in [-0.39, 0.29) is 7.43 Å². The Labute approximate surface area is 132 Å². The predicted molar refractivity (Wildman–Crippen MR) is 77.3 cm³/mol. The van der Waals surface area contributed by atoms with Crippen LogP contribution < -0.4 is 0 Å². The molecule has 0 bridgehead atoms. The summed E-state index contributed by atoms with van der Waals surface area (Å²) >= 11 is 0. The van der Waals surface area contributed by atoms with Crippen LogP contribution in [0.25, 0.3) is 0 Å². The van der Waals surface area contributed by atoms with E-state index in [0.29, 0.717) is 0 Å². The highest BCUT2D eigenvalue weighted by atomic mass is 16.6. The van der Waals surface area contributed by atoms with E-state index in [2.05, 4.69) is 9.47 Å². The van der Waals surface area contributed by atoms with Gasteiger partial charge in [-0.15, -0.1) is 0 Å². The molecule has 23 heavy (non-hydrogen) atoms. The van der Waals surface area contributed by atoms with Crippen molar-refractivity contribution in [1.82, 2.24) is 0 Å². The SMILES string of the molecule is C.O=C1OC(=O)C2C=C(C3=CC4C(=O)OC(=O)C4C=C3)C=CC12. The number of allylic oxidation sites excluding steroid dienone is 4. The molecule has 4 unspecified atom stereocenters. The van der Waals surface area contributed by atoms with Crippen molar-refractivity contribution < 1.29 is 28.7 Å². The summed E-state index contributed by atoms with van der Waals surface area (Å²) in [5.41, 5.74) is 1.43. The Morgan fingerprint density at radius 3 is 1.35 bits per heavy atom. The van der Waals surface area contributed by atoms with Gasteiger partial charge in [-0.25, -0.2) is 0 Å². The fraction of sp³-hybridized carbons (Fsp3) is 0.294. The average Bonchev–Trinajstić information content (AvgIpc) is 2.96. The number of carbonyl (C=O) groups excluding carboxylic acids is 4. The second-order valence-corrected chi connectivity index (χ2v) is 5.55. The number of hydrogen-bond acceptors (Lipinski definition) is 6. The van der Waals surface area contributed by atoms with E-state index in [1.807, 2.05) is 0 Å². The lowest BCUT2D eigenvalue weighted by atomic mass is 9.81. The monoisotopic (exact) mass is 314 g/mol. The normalized spacial score (nSPS) is 34.1. The average molecular weight is 314 g/mol. The summed E-state index contributed by atoms with van der Waals surface area (Å²) in [5, 5.41) is 0. The van der Waals surface area contributed by atoms with E-state index in [1.165, 1.54) is 0 Å². The smallest absolute Gasteiger partial charge is 0.321 e. The van der Waals surface area contributed by atoms with Crippen molar-refractivity contribution >= 4 is 23.9 Å². The van der Waals surface area contributed by atoms with Crippen molar-refractivity contribution in [2.45, 2.75) is 7.43 Å². The lowest BCUT2D eigenvalue weighted by Gasteiger charge is -2.18. The molecule has 6 heteroatoms. The van der Waals surface area contributed by atoms with Crippen molar-refractivity contribution in [3.63, 3.8) is 0 Å². The van der Waals surface area contributed by atoms with Gasteiger partial charge in [0.15, 0.2) is 0 Å². The molecular formula is C17H14O6. The fourth-order valence-corrected chi connectivity index (χ4v) is 3.09. The molecule has 2 saturated heterocycles. The van der Waals surface area contributed by atoms with Gasteiger partial charge in [0.2, 0.25) is 0 Å². The van der Waals surface area contributed by atoms with E-state index in [0.717, 1.165) is 11.1 Å². The molecule has 4 aliphatic rings. The third kappa shape index (κ3) is 2.18. The second-order valence-electron chi connectivity index (χ2n) is 5.55. The van der Waals surface area contributed by atoms with Gasteiger partial charge in [0.25, 0.3) is 0 Å². The van der Waals surface area contributed by atoms with Gasteiger partial charge in [-0.2, -0.15) is 0 Å². The maximum atomic E-state index is 11.6. The summed E-state index contributed by atoms with van der Waals surface area (Å²) in [6.45, 7) is 0. The van der Waals surface area contributed by atoms with Gasteiger partial charge in [-0.3, -0.25) is 19.2 Å². The van der Waals surface area contributed by atoms with E-state index in [1.54, 1.807) is 36.5 Å². The molecule has 0 radical (unpaired) electrons. The van der Waals surface area contributed by atoms with Crippen LogP contribution >= 0.6 is 0 Å². The fourth-order valence-electron chi connectivity index (χ4n) is 3.09. The van der Waals surface area contributed by atoms with E-state index in [4.69, 9.17) is 0 Å². The van der Waals surface area contributed by atoms with Crippen molar-refractivity contribution in [3.8, 4) is 0 Å². The van der Waals surface area contributed by atoms with Gasteiger partial charge in [0.1, 0.15) is 0 Å². The first-order valence-corrected chi connectivity index (χ1v) is 6.86. The zero-order valence-corrected chi connectivity index (χ0v) is 11.2. The van der Waals surface area contributed by atoms with E-state index < -0.39 is 47.5 Å². The standard InChI is InChI=1S/C16H10O6.CH4/c17-13-9-3-1-7(5-11(9)15(19)21-13)8-2-4-10-12(6-8)16(20)22-14(10)18;/h1-6,9-12H;1H4. The Morgan fingerprint density at radius 1 is 0.609 bits per heavy atom. The highest BCUT2D eigenvalue weighted by Crippen LogP contribution is 2.37. The Kier molecular flexibility index (Phi) is 3.39. The first kappa shape index (κ1) is 15.1. The Balaban J connectivity index is 0.00000156. The minimum Gasteiger partial charge on any atom is -0.392 e. The highest BCUT2D eigenvalue weighted by Gasteiger charge is 2.45. The molecule has 2 aliphatic heterocycles. The Morgan fingerprint density at radius 2 is 0.957 bits per heavy atom. The van der Waals surface area contributed by atoms with Crippen LogP contribution in [0, 0.1) is 23.7 Å². The van der Waals surface area contributed by atoms with Crippen LogP contribution in [0.2, 0.25) is 0 Å². The number of fused-ring (bicyclic) bond motifs is 2. The molecule has 2 fully saturated rings. The summed E-state index contributed by atoms with van der Waals surface area (Å²) in [7, 11) is 0. The largest absolute Gasteiger partial charge is 0.392 e. The minimum absolute atomic E-state index is 0. The van der Waals surface area contributed by atoms with Gasteiger partial charge >= 0.3 is 23.9 Å². The second kappa shape index (κ2) is 5.15. The van der Waals surface area contributed by atoms with Crippen LogP contribution in [-0.4, -0.2) is 23.9 Å². The summed E-state index contributed by atoms with van der Waals surface area (Å²) in [6, 6.07) is 0. The third-order valence-corrected chi connectivity index (χ3v) is 4.28. The summed E-state index contributed by atoms with van der Waals surface area (Å²) < 4.78 is 9.23. The van der Waals surface area contributed by atoms with Crippen molar-refractivity contribution in [3.05, 3.63) is 47.6 Å². The summed E-state index contributed by atoms with van der Waals surface area (Å²) in [6.07, 6.45) is 10.0. The molecule has 6 nitrogen and oxygen atoms in total. The van der Waals surface area contributed by atoms with Gasteiger partial charge in [0, 0.05) is 0 Å². The van der Waals surface area contributed by atoms with Crippen LogP contribution in [0.5, 0.6) is 0 Å². The zero-order chi connectivity index (χ0) is 15.4. The number of hydrogen-bond donors (Lipinski definition) is 0. The highest BCUT2D eigenvalue weighted by molar-refractivity contribution is 6.00. The Hall–Kier alpha value is -2.76. The molecule has 118 valence electrons. The molecule has 2 heterocycles. The number of rotatable bonds is 1. The maximum Gasteiger partial charge on any atom is 0.321 e. The molecule has 0 saturated carbocycles. The molecular weight excluding hydrogens is 300 g/mol. The molecule has 0 aromatic carbocycles.